The molecule has 0 atom stereocenters. The van der Waals surface area contributed by atoms with E-state index in [1.165, 1.54) is 6.07 Å². The molecule has 1 aromatic heterocycles. The SMILES string of the molecule is O=c1[nH]c(C(=CC2CCCC2)c2ccc(CCCCO)cc2)ccc1C(F)(F)F. The number of unbranched alkanes of at least 4 members (excludes halogenated alkanes) is 1. The van der Waals surface area contributed by atoms with Crippen LogP contribution in [0.15, 0.2) is 47.3 Å². The minimum absolute atomic E-state index is 0.174. The number of halogens is 3. The second-order valence-corrected chi connectivity index (χ2v) is 7.62. The summed E-state index contributed by atoms with van der Waals surface area (Å²) in [6.45, 7) is 0.174. The molecule has 1 heterocycles. The minimum Gasteiger partial charge on any atom is -0.396 e. The third kappa shape index (κ3) is 5.60. The van der Waals surface area contributed by atoms with Crippen molar-refractivity contribution in [3.8, 4) is 0 Å². The molecule has 1 aromatic carbocycles. The number of rotatable bonds is 7. The van der Waals surface area contributed by atoms with Gasteiger partial charge in [0, 0.05) is 17.9 Å². The number of H-pyrrole nitrogens is 1. The molecule has 1 fully saturated rings. The zero-order chi connectivity index (χ0) is 20.9. The maximum absolute atomic E-state index is 13.0. The standard InChI is InChI=1S/C23H26F3NO2/c24-23(25,26)20-12-13-21(27-22(20)29)19(15-17-6-1-2-7-17)18-10-8-16(9-11-18)5-3-4-14-28/h8-13,15,17,28H,1-7,14H2,(H,27,29). The minimum atomic E-state index is -4.67. The van der Waals surface area contributed by atoms with Gasteiger partial charge in [0.25, 0.3) is 5.56 Å². The smallest absolute Gasteiger partial charge is 0.396 e. The summed E-state index contributed by atoms with van der Waals surface area (Å²) in [7, 11) is 0. The Kier molecular flexibility index (Phi) is 6.96. The second kappa shape index (κ2) is 9.44. The molecule has 1 aliphatic rings. The van der Waals surface area contributed by atoms with Crippen LogP contribution in [-0.2, 0) is 12.6 Å². The van der Waals surface area contributed by atoms with Gasteiger partial charge in [-0.3, -0.25) is 4.79 Å². The van der Waals surface area contributed by atoms with E-state index in [0.29, 0.717) is 11.6 Å². The molecule has 6 heteroatoms. The summed E-state index contributed by atoms with van der Waals surface area (Å²) in [5, 5.41) is 8.91. The predicted octanol–water partition coefficient (Wildman–Crippen LogP) is 5.33. The van der Waals surface area contributed by atoms with Crippen molar-refractivity contribution in [2.75, 3.05) is 6.61 Å². The number of benzene rings is 1. The van der Waals surface area contributed by atoms with Crippen LogP contribution in [0.4, 0.5) is 13.2 Å². The topological polar surface area (TPSA) is 53.1 Å². The molecule has 3 nitrogen and oxygen atoms in total. The maximum atomic E-state index is 13.0. The van der Waals surface area contributed by atoms with Crippen molar-refractivity contribution in [2.45, 2.75) is 51.1 Å². The van der Waals surface area contributed by atoms with Crippen LogP contribution in [0, 0.1) is 5.92 Å². The summed E-state index contributed by atoms with van der Waals surface area (Å²) in [5.41, 5.74) is 0.891. The molecule has 1 saturated carbocycles. The average molecular weight is 405 g/mol. The first kappa shape index (κ1) is 21.4. The van der Waals surface area contributed by atoms with Crippen molar-refractivity contribution in [3.63, 3.8) is 0 Å². The fourth-order valence-electron chi connectivity index (χ4n) is 3.85. The first-order chi connectivity index (χ1) is 13.9. The molecule has 2 N–H and O–H groups in total. The highest BCUT2D eigenvalue weighted by Crippen LogP contribution is 2.32. The van der Waals surface area contributed by atoms with E-state index >= 15 is 0 Å². The van der Waals surface area contributed by atoms with Gasteiger partial charge in [-0.2, -0.15) is 13.2 Å². The van der Waals surface area contributed by atoms with Crippen LogP contribution >= 0.6 is 0 Å². The van der Waals surface area contributed by atoms with Gasteiger partial charge in [0.15, 0.2) is 0 Å². The number of aryl methyl sites for hydroxylation is 1. The number of allylic oxidation sites excluding steroid dienone is 1. The molecule has 2 aromatic rings. The highest BCUT2D eigenvalue weighted by molar-refractivity contribution is 5.78. The monoisotopic (exact) mass is 405 g/mol. The van der Waals surface area contributed by atoms with Crippen molar-refractivity contribution < 1.29 is 18.3 Å². The van der Waals surface area contributed by atoms with E-state index in [1.54, 1.807) is 0 Å². The van der Waals surface area contributed by atoms with Gasteiger partial charge in [-0.25, -0.2) is 0 Å². The van der Waals surface area contributed by atoms with Crippen molar-refractivity contribution in [2.24, 2.45) is 5.92 Å². The van der Waals surface area contributed by atoms with Gasteiger partial charge in [0.05, 0.1) is 0 Å². The van der Waals surface area contributed by atoms with E-state index in [9.17, 15) is 18.0 Å². The van der Waals surface area contributed by atoms with Crippen LogP contribution < -0.4 is 5.56 Å². The zero-order valence-corrected chi connectivity index (χ0v) is 16.3. The fraction of sp³-hybridized carbons (Fsp3) is 0.435. The Morgan fingerprint density at radius 2 is 1.76 bits per heavy atom. The van der Waals surface area contributed by atoms with Gasteiger partial charge in [-0.15, -0.1) is 0 Å². The molecule has 1 aliphatic carbocycles. The van der Waals surface area contributed by atoms with Gasteiger partial charge in [0.2, 0.25) is 0 Å². The Balaban J connectivity index is 1.93. The molecule has 0 unspecified atom stereocenters. The van der Waals surface area contributed by atoms with E-state index in [-0.39, 0.29) is 6.61 Å². The van der Waals surface area contributed by atoms with E-state index in [4.69, 9.17) is 5.11 Å². The van der Waals surface area contributed by atoms with Crippen LogP contribution in [0.25, 0.3) is 5.57 Å². The lowest BCUT2D eigenvalue weighted by Gasteiger charge is -2.14. The number of aromatic amines is 1. The Morgan fingerprint density at radius 3 is 2.34 bits per heavy atom. The lowest BCUT2D eigenvalue weighted by atomic mass is 9.94. The number of aliphatic hydroxyl groups is 1. The molecular formula is C23H26F3NO2. The summed E-state index contributed by atoms with van der Waals surface area (Å²) in [4.78, 5) is 14.5. The highest BCUT2D eigenvalue weighted by atomic mass is 19.4. The maximum Gasteiger partial charge on any atom is 0.421 e. The summed E-state index contributed by atoms with van der Waals surface area (Å²) < 4.78 is 38.9. The van der Waals surface area contributed by atoms with Crippen LogP contribution in [0.1, 0.15) is 60.9 Å². The lowest BCUT2D eigenvalue weighted by Crippen LogP contribution is -2.22. The Hall–Kier alpha value is -2.34. The van der Waals surface area contributed by atoms with E-state index in [1.807, 2.05) is 24.3 Å². The van der Waals surface area contributed by atoms with Crippen molar-refractivity contribution in [3.05, 3.63) is 75.2 Å². The third-order valence-electron chi connectivity index (χ3n) is 5.45. The Bertz CT molecular complexity index is 892. The molecule has 0 aliphatic heterocycles. The van der Waals surface area contributed by atoms with Crippen molar-refractivity contribution >= 4 is 5.57 Å². The number of hydrogen-bond donors (Lipinski definition) is 2. The summed E-state index contributed by atoms with van der Waals surface area (Å²) in [6, 6.07) is 10.1. The molecule has 0 spiro atoms. The average Bonchev–Trinajstić information content (AvgIpc) is 3.19. The van der Waals surface area contributed by atoms with E-state index in [2.05, 4.69) is 11.1 Å². The third-order valence-corrected chi connectivity index (χ3v) is 5.45. The normalized spacial score (nSPS) is 15.8. The van der Waals surface area contributed by atoms with Crippen LogP contribution in [0.5, 0.6) is 0 Å². The number of nitrogens with one attached hydrogen (secondary N) is 1. The second-order valence-electron chi connectivity index (χ2n) is 7.62. The van der Waals surface area contributed by atoms with Crippen LogP contribution in [0.3, 0.4) is 0 Å². The molecule has 0 amide bonds. The quantitative estimate of drug-likeness (QED) is 0.612. The molecule has 156 valence electrons. The lowest BCUT2D eigenvalue weighted by molar-refractivity contribution is -0.138. The summed E-state index contributed by atoms with van der Waals surface area (Å²) >= 11 is 0. The highest BCUT2D eigenvalue weighted by Gasteiger charge is 2.34. The Labute approximate surface area is 168 Å². The zero-order valence-electron chi connectivity index (χ0n) is 16.3. The van der Waals surface area contributed by atoms with Crippen LogP contribution in [-0.4, -0.2) is 16.7 Å². The van der Waals surface area contributed by atoms with Gasteiger partial charge in [-0.1, -0.05) is 43.2 Å². The van der Waals surface area contributed by atoms with Crippen molar-refractivity contribution in [1.82, 2.24) is 4.98 Å². The summed E-state index contributed by atoms with van der Waals surface area (Å²) in [6.07, 6.45) is 4.31. The van der Waals surface area contributed by atoms with Crippen LogP contribution in [0.2, 0.25) is 0 Å². The first-order valence-electron chi connectivity index (χ1n) is 10.1. The molecule has 0 radical (unpaired) electrons. The fourth-order valence-corrected chi connectivity index (χ4v) is 3.85. The number of aromatic nitrogens is 1. The van der Waals surface area contributed by atoms with Gasteiger partial charge in [0.1, 0.15) is 5.56 Å². The number of aliphatic hydroxyl groups excluding tert-OH is 1. The Morgan fingerprint density at radius 1 is 1.07 bits per heavy atom. The van der Waals surface area contributed by atoms with Gasteiger partial charge < -0.3 is 10.1 Å². The summed E-state index contributed by atoms with van der Waals surface area (Å²) in [5.74, 6) is 0.361. The van der Waals surface area contributed by atoms with E-state index < -0.39 is 17.3 Å². The molecule has 0 saturated heterocycles. The number of hydrogen-bond acceptors (Lipinski definition) is 2. The molecule has 3 rings (SSSR count). The van der Waals surface area contributed by atoms with Crippen molar-refractivity contribution in [1.29, 1.82) is 0 Å². The first-order valence-corrected chi connectivity index (χ1v) is 10.1. The molecule has 29 heavy (non-hydrogen) atoms. The molecule has 0 bridgehead atoms. The predicted molar refractivity (Wildman–Crippen MR) is 108 cm³/mol. The number of alkyl halides is 3. The van der Waals surface area contributed by atoms with Gasteiger partial charge >= 0.3 is 6.18 Å². The molecular weight excluding hydrogens is 379 g/mol. The number of pyridine rings is 1. The van der Waals surface area contributed by atoms with Gasteiger partial charge in [-0.05, 0) is 61.3 Å². The largest absolute Gasteiger partial charge is 0.421 e. The van der Waals surface area contributed by atoms with E-state index in [0.717, 1.165) is 67.7 Å².